The number of nitrogens with one attached hydrogen (secondary N) is 1. The fraction of sp³-hybridized carbons (Fsp3) is 0.600. The van der Waals surface area contributed by atoms with Crippen LogP contribution in [0.1, 0.15) is 32.9 Å². The van der Waals surface area contributed by atoms with E-state index in [0.29, 0.717) is 5.92 Å². The van der Waals surface area contributed by atoms with Crippen LogP contribution in [-0.2, 0) is 6.54 Å². The maximum absolute atomic E-state index is 4.30. The van der Waals surface area contributed by atoms with Gasteiger partial charge in [0.1, 0.15) is 0 Å². The second kappa shape index (κ2) is 8.64. The minimum absolute atomic E-state index is 0.653. The highest BCUT2D eigenvalue weighted by molar-refractivity contribution is 5.38. The van der Waals surface area contributed by atoms with Gasteiger partial charge in [-0.2, -0.15) is 5.10 Å². The highest BCUT2D eigenvalue weighted by atomic mass is 15.3. The largest absolute Gasteiger partial charge is 0.351 e. The first-order chi connectivity index (χ1) is 9.17. The molecule has 1 heterocycles. The van der Waals surface area contributed by atoms with Gasteiger partial charge in [0, 0.05) is 19.6 Å². The van der Waals surface area contributed by atoms with Crippen LogP contribution in [0.5, 0.6) is 0 Å². The van der Waals surface area contributed by atoms with Gasteiger partial charge in [0.25, 0.3) is 0 Å². The van der Waals surface area contributed by atoms with Gasteiger partial charge in [0.2, 0.25) is 0 Å². The molecular weight excluding hydrogens is 236 g/mol. The summed E-state index contributed by atoms with van der Waals surface area (Å²) in [6.07, 6.45) is 2.99. The molecule has 0 unspecified atom stereocenters. The average molecular weight is 262 g/mol. The summed E-state index contributed by atoms with van der Waals surface area (Å²) in [7, 11) is 0. The van der Waals surface area contributed by atoms with E-state index in [2.05, 4.69) is 47.8 Å². The number of rotatable bonds is 9. The lowest BCUT2D eigenvalue weighted by molar-refractivity contribution is 0.546. The number of aromatic nitrogens is 2. The molecular formula is C15H26N4. The van der Waals surface area contributed by atoms with E-state index in [1.165, 1.54) is 0 Å². The van der Waals surface area contributed by atoms with Crippen LogP contribution >= 0.6 is 0 Å². The predicted octanol–water partition coefficient (Wildman–Crippen LogP) is 2.62. The zero-order valence-corrected chi connectivity index (χ0v) is 12.4. The van der Waals surface area contributed by atoms with Crippen LogP contribution in [0.15, 0.2) is 24.8 Å². The summed E-state index contributed by atoms with van der Waals surface area (Å²) in [6, 6.07) is 4.08. The summed E-state index contributed by atoms with van der Waals surface area (Å²) in [6.45, 7) is 13.9. The van der Waals surface area contributed by atoms with Crippen LogP contribution in [-0.4, -0.2) is 29.8 Å². The van der Waals surface area contributed by atoms with Crippen LogP contribution < -0.4 is 10.2 Å². The van der Waals surface area contributed by atoms with Gasteiger partial charge in [0.15, 0.2) is 5.82 Å². The molecule has 0 radical (unpaired) electrons. The van der Waals surface area contributed by atoms with Crippen LogP contribution in [0.2, 0.25) is 0 Å². The van der Waals surface area contributed by atoms with Gasteiger partial charge < -0.3 is 10.2 Å². The smallest absolute Gasteiger partial charge is 0.151 e. The van der Waals surface area contributed by atoms with Gasteiger partial charge in [-0.15, -0.1) is 11.7 Å². The minimum atomic E-state index is 0.653. The molecule has 1 rings (SSSR count). The second-order valence-corrected chi connectivity index (χ2v) is 5.14. The molecule has 4 nitrogen and oxygen atoms in total. The van der Waals surface area contributed by atoms with Crippen molar-refractivity contribution in [1.82, 2.24) is 15.5 Å². The van der Waals surface area contributed by atoms with Crippen molar-refractivity contribution in [2.24, 2.45) is 5.92 Å². The van der Waals surface area contributed by atoms with Gasteiger partial charge >= 0.3 is 0 Å². The first-order valence-corrected chi connectivity index (χ1v) is 7.06. The number of anilines is 1. The van der Waals surface area contributed by atoms with Crippen LogP contribution in [0, 0.1) is 5.92 Å². The quantitative estimate of drug-likeness (QED) is 0.695. The Balaban J connectivity index is 2.55. The normalized spacial score (nSPS) is 10.7. The molecule has 0 aliphatic carbocycles. The van der Waals surface area contributed by atoms with Crippen molar-refractivity contribution in [1.29, 1.82) is 0 Å². The molecule has 106 valence electrons. The van der Waals surface area contributed by atoms with Crippen molar-refractivity contribution < 1.29 is 0 Å². The molecule has 4 heteroatoms. The molecule has 0 amide bonds. The number of nitrogens with zero attached hydrogens (tertiary/aromatic N) is 3. The van der Waals surface area contributed by atoms with E-state index in [-0.39, 0.29) is 0 Å². The summed E-state index contributed by atoms with van der Waals surface area (Å²) in [5.74, 6) is 1.58. The molecule has 0 aliphatic rings. The van der Waals surface area contributed by atoms with Crippen molar-refractivity contribution in [3.63, 3.8) is 0 Å². The fourth-order valence-corrected chi connectivity index (χ4v) is 1.83. The number of hydrogen-bond acceptors (Lipinski definition) is 4. The molecule has 1 aromatic heterocycles. The third-order valence-corrected chi connectivity index (χ3v) is 2.73. The molecule has 0 aromatic carbocycles. The van der Waals surface area contributed by atoms with E-state index in [1.54, 1.807) is 0 Å². The predicted molar refractivity (Wildman–Crippen MR) is 81.3 cm³/mol. The Morgan fingerprint density at radius 2 is 2.16 bits per heavy atom. The summed E-state index contributed by atoms with van der Waals surface area (Å²) in [4.78, 5) is 2.19. The molecule has 0 fully saturated rings. The summed E-state index contributed by atoms with van der Waals surface area (Å²) >= 11 is 0. The average Bonchev–Trinajstić information content (AvgIpc) is 2.39. The lowest BCUT2D eigenvalue weighted by Crippen LogP contribution is -2.25. The van der Waals surface area contributed by atoms with Crippen LogP contribution in [0.3, 0.4) is 0 Å². The van der Waals surface area contributed by atoms with E-state index in [4.69, 9.17) is 0 Å². The first-order valence-electron chi connectivity index (χ1n) is 7.06. The fourth-order valence-electron chi connectivity index (χ4n) is 1.83. The molecule has 19 heavy (non-hydrogen) atoms. The van der Waals surface area contributed by atoms with Crippen molar-refractivity contribution >= 4 is 5.82 Å². The molecule has 0 bridgehead atoms. The molecule has 0 aliphatic heterocycles. The van der Waals surface area contributed by atoms with Gasteiger partial charge in [-0.25, -0.2) is 0 Å². The Bertz CT molecular complexity index is 359. The SMILES string of the molecule is C=CCN(CCC)c1ccc(CNCC(C)C)nn1. The van der Waals surface area contributed by atoms with Crippen LogP contribution in [0.4, 0.5) is 5.82 Å². The van der Waals surface area contributed by atoms with Crippen molar-refractivity contribution in [2.75, 3.05) is 24.5 Å². The molecule has 1 aromatic rings. The summed E-state index contributed by atoms with van der Waals surface area (Å²) in [5, 5.41) is 11.9. The lowest BCUT2D eigenvalue weighted by Gasteiger charge is -2.20. The Hall–Kier alpha value is -1.42. The monoisotopic (exact) mass is 262 g/mol. The maximum atomic E-state index is 4.30. The summed E-state index contributed by atoms with van der Waals surface area (Å²) < 4.78 is 0. The Morgan fingerprint density at radius 3 is 2.68 bits per heavy atom. The highest BCUT2D eigenvalue weighted by Crippen LogP contribution is 2.10. The van der Waals surface area contributed by atoms with Gasteiger partial charge in [-0.1, -0.05) is 26.8 Å². The second-order valence-electron chi connectivity index (χ2n) is 5.14. The first kappa shape index (κ1) is 15.6. The topological polar surface area (TPSA) is 41.0 Å². The van der Waals surface area contributed by atoms with E-state index < -0.39 is 0 Å². The molecule has 0 saturated carbocycles. The van der Waals surface area contributed by atoms with E-state index in [9.17, 15) is 0 Å². The summed E-state index contributed by atoms with van der Waals surface area (Å²) in [5.41, 5.74) is 0.986. The Labute approximate surface area is 116 Å². The minimum Gasteiger partial charge on any atom is -0.351 e. The van der Waals surface area contributed by atoms with Crippen molar-refractivity contribution in [2.45, 2.75) is 33.7 Å². The van der Waals surface area contributed by atoms with E-state index >= 15 is 0 Å². The molecule has 1 N–H and O–H groups in total. The lowest BCUT2D eigenvalue weighted by atomic mass is 10.2. The third kappa shape index (κ3) is 5.83. The van der Waals surface area contributed by atoms with Crippen molar-refractivity contribution in [3.05, 3.63) is 30.5 Å². The van der Waals surface area contributed by atoms with E-state index in [1.807, 2.05) is 18.2 Å². The van der Waals surface area contributed by atoms with Crippen LogP contribution in [0.25, 0.3) is 0 Å². The standard InChI is InChI=1S/C15H26N4/c1-5-9-19(10-6-2)15-8-7-14(17-18-15)12-16-11-13(3)4/h5,7-8,13,16H,1,6,9-12H2,2-4H3. The Morgan fingerprint density at radius 1 is 1.37 bits per heavy atom. The van der Waals surface area contributed by atoms with Gasteiger partial charge in [-0.3, -0.25) is 0 Å². The molecule has 0 saturated heterocycles. The van der Waals surface area contributed by atoms with Gasteiger partial charge in [-0.05, 0) is 31.0 Å². The zero-order valence-electron chi connectivity index (χ0n) is 12.4. The highest BCUT2D eigenvalue weighted by Gasteiger charge is 2.06. The Kier molecular flexibility index (Phi) is 7.11. The zero-order chi connectivity index (χ0) is 14.1. The van der Waals surface area contributed by atoms with E-state index in [0.717, 1.165) is 44.1 Å². The van der Waals surface area contributed by atoms with Crippen molar-refractivity contribution in [3.8, 4) is 0 Å². The molecule has 0 spiro atoms. The number of hydrogen-bond donors (Lipinski definition) is 1. The molecule has 0 atom stereocenters. The maximum Gasteiger partial charge on any atom is 0.151 e. The third-order valence-electron chi connectivity index (χ3n) is 2.73. The van der Waals surface area contributed by atoms with Gasteiger partial charge in [0.05, 0.1) is 5.69 Å².